The van der Waals surface area contributed by atoms with Gasteiger partial charge in [0.15, 0.2) is 0 Å². The first-order valence-electron chi connectivity index (χ1n) is 3.68. The highest BCUT2D eigenvalue weighted by Crippen LogP contribution is 1.98. The summed E-state index contributed by atoms with van der Waals surface area (Å²) in [4.78, 5) is 21.9. The molecular formula is C8H10O4Si2. The van der Waals surface area contributed by atoms with E-state index in [-0.39, 0.29) is 11.1 Å². The first-order valence-corrected chi connectivity index (χ1v) is 6.50. The number of carbonyl (C=O) groups is 2. The molecule has 4 nitrogen and oxygen atoms in total. The van der Waals surface area contributed by atoms with Gasteiger partial charge in [-0.05, 0) is 13.8 Å². The lowest BCUT2D eigenvalue weighted by Gasteiger charge is -2.10. The Morgan fingerprint density at radius 2 is 1.36 bits per heavy atom. The van der Waals surface area contributed by atoms with Crippen LogP contribution in [0.4, 0.5) is 0 Å². The third-order valence-electron chi connectivity index (χ3n) is 1.07. The second kappa shape index (κ2) is 5.56. The van der Waals surface area contributed by atoms with Gasteiger partial charge in [-0.1, -0.05) is 13.2 Å². The van der Waals surface area contributed by atoms with Crippen molar-refractivity contribution in [1.82, 2.24) is 0 Å². The zero-order valence-electron chi connectivity index (χ0n) is 8.05. The van der Waals surface area contributed by atoms with Crippen molar-refractivity contribution < 1.29 is 18.4 Å². The van der Waals surface area contributed by atoms with E-state index in [1.807, 2.05) is 0 Å². The van der Waals surface area contributed by atoms with E-state index in [0.29, 0.717) is 0 Å². The molecule has 0 saturated heterocycles. The Kier molecular flexibility index (Phi) is 5.10. The maximum atomic E-state index is 11.0. The molecule has 0 N–H and O–H groups in total. The maximum Gasteiger partial charge on any atom is 0.492 e. The van der Waals surface area contributed by atoms with Crippen LogP contribution < -0.4 is 0 Å². The van der Waals surface area contributed by atoms with Crippen molar-refractivity contribution in [2.45, 2.75) is 13.8 Å². The van der Waals surface area contributed by atoms with Crippen LogP contribution in [0.1, 0.15) is 13.8 Å². The van der Waals surface area contributed by atoms with Gasteiger partial charge in [0.25, 0.3) is 0 Å². The van der Waals surface area contributed by atoms with Crippen LogP contribution in [-0.2, 0) is 18.4 Å². The summed E-state index contributed by atoms with van der Waals surface area (Å²) in [5, 5.41) is 0. The number of rotatable bonds is 4. The lowest BCUT2D eigenvalue weighted by molar-refractivity contribution is -0.135. The standard InChI is InChI=1S/C8H10O4Si2/c1-5(2)7(9)11-14(13)12-8(10)6(3)4/h1,3H2,2,4H3. The van der Waals surface area contributed by atoms with Gasteiger partial charge in [0.05, 0.1) is 0 Å². The predicted molar refractivity (Wildman–Crippen MR) is 53.3 cm³/mol. The molecule has 0 aliphatic heterocycles. The summed E-state index contributed by atoms with van der Waals surface area (Å²) in [5.41, 5.74) is 0.495. The molecule has 0 saturated carbocycles. The van der Waals surface area contributed by atoms with Gasteiger partial charge in [0.2, 0.25) is 0 Å². The average molecular weight is 226 g/mol. The molecule has 0 rings (SSSR count). The molecular weight excluding hydrogens is 216 g/mol. The lowest BCUT2D eigenvalue weighted by atomic mass is 10.4. The Hall–Kier alpha value is -1.15. The van der Waals surface area contributed by atoms with Gasteiger partial charge < -0.3 is 8.85 Å². The van der Waals surface area contributed by atoms with E-state index < -0.39 is 20.7 Å². The Balaban J connectivity index is 4.05. The summed E-state index contributed by atoms with van der Waals surface area (Å²) in [7, 11) is 0.909. The maximum absolute atomic E-state index is 11.0. The molecule has 0 aliphatic carbocycles. The second-order valence-corrected chi connectivity index (χ2v) is 4.84. The number of carbonyl (C=O) groups excluding carboxylic acids is 2. The van der Waals surface area contributed by atoms with Crippen molar-refractivity contribution >= 4 is 30.5 Å². The van der Waals surface area contributed by atoms with Crippen molar-refractivity contribution in [2.24, 2.45) is 0 Å². The minimum atomic E-state index is -2.09. The van der Waals surface area contributed by atoms with Crippen LogP contribution in [0.2, 0.25) is 0 Å². The predicted octanol–water partition coefficient (Wildman–Crippen LogP) is 0.378. The second-order valence-electron chi connectivity index (χ2n) is 2.63. The quantitative estimate of drug-likeness (QED) is 0.513. The van der Waals surface area contributed by atoms with Gasteiger partial charge >= 0.3 is 20.7 Å². The third kappa shape index (κ3) is 4.78. The molecule has 74 valence electrons. The summed E-state index contributed by atoms with van der Waals surface area (Å²) in [6.07, 6.45) is 0. The van der Waals surface area contributed by atoms with Crippen LogP contribution in [0.25, 0.3) is 0 Å². The molecule has 0 aromatic heterocycles. The molecule has 0 heterocycles. The van der Waals surface area contributed by atoms with Gasteiger partial charge in [-0.2, -0.15) is 0 Å². The highest BCUT2D eigenvalue weighted by atomic mass is 29.2. The van der Waals surface area contributed by atoms with E-state index >= 15 is 0 Å². The molecule has 0 aliphatic rings. The van der Waals surface area contributed by atoms with Crippen molar-refractivity contribution in [3.63, 3.8) is 0 Å². The van der Waals surface area contributed by atoms with Crippen molar-refractivity contribution in [2.75, 3.05) is 0 Å². The fraction of sp³-hybridized carbons (Fsp3) is 0.250. The summed E-state index contributed by atoms with van der Waals surface area (Å²) in [6, 6.07) is 0. The van der Waals surface area contributed by atoms with Crippen molar-refractivity contribution in [1.29, 1.82) is 0 Å². The zero-order chi connectivity index (χ0) is 11.3. The third-order valence-corrected chi connectivity index (χ3v) is 2.42. The van der Waals surface area contributed by atoms with Gasteiger partial charge in [-0.25, -0.2) is 9.59 Å². The van der Waals surface area contributed by atoms with Gasteiger partial charge in [0.1, 0.15) is 9.76 Å². The van der Waals surface area contributed by atoms with Gasteiger partial charge in [0, 0.05) is 11.1 Å². The molecule has 0 fully saturated rings. The largest absolute Gasteiger partial charge is 0.492 e. The molecule has 0 aromatic rings. The van der Waals surface area contributed by atoms with Gasteiger partial charge in [-0.15, -0.1) is 0 Å². The van der Waals surface area contributed by atoms with Crippen molar-refractivity contribution in [3.8, 4) is 0 Å². The molecule has 4 radical (unpaired) electrons. The van der Waals surface area contributed by atoms with E-state index in [9.17, 15) is 9.59 Å². The highest BCUT2D eigenvalue weighted by molar-refractivity contribution is 6.96. The minimum Gasteiger partial charge on any atom is -0.483 e. The Morgan fingerprint density at radius 3 is 1.57 bits per heavy atom. The minimum absolute atomic E-state index is 0.247. The molecule has 0 unspecified atom stereocenters. The van der Waals surface area contributed by atoms with Gasteiger partial charge in [-0.3, -0.25) is 0 Å². The van der Waals surface area contributed by atoms with Crippen molar-refractivity contribution in [3.05, 3.63) is 24.3 Å². The molecule has 0 amide bonds. The fourth-order valence-corrected chi connectivity index (χ4v) is 1.65. The van der Waals surface area contributed by atoms with Crippen LogP contribution in [0.15, 0.2) is 24.3 Å². The molecule has 0 spiro atoms. The Morgan fingerprint density at radius 1 is 1.07 bits per heavy atom. The summed E-state index contributed by atoms with van der Waals surface area (Å²) in [5.74, 6) is -1.19. The van der Waals surface area contributed by atoms with E-state index in [2.05, 4.69) is 22.9 Å². The molecule has 0 atom stereocenters. The fourth-order valence-electron chi connectivity index (χ4n) is 0.363. The molecule has 14 heavy (non-hydrogen) atoms. The summed E-state index contributed by atoms with van der Waals surface area (Å²) >= 11 is 0. The molecule has 0 bridgehead atoms. The first-order chi connectivity index (χ1) is 6.34. The van der Waals surface area contributed by atoms with Crippen LogP contribution in [-0.4, -0.2) is 30.5 Å². The van der Waals surface area contributed by atoms with Crippen LogP contribution in [0.3, 0.4) is 0 Å². The van der Waals surface area contributed by atoms with E-state index in [1.165, 1.54) is 13.8 Å². The molecule has 6 heteroatoms. The van der Waals surface area contributed by atoms with Crippen LogP contribution in [0, 0.1) is 0 Å². The average Bonchev–Trinajstić information content (AvgIpc) is 2.03. The SMILES string of the molecule is C=C(C)C(=O)O[Si]([Si])OC(=O)C(=C)C. The van der Waals surface area contributed by atoms with Crippen LogP contribution >= 0.6 is 0 Å². The highest BCUT2D eigenvalue weighted by Gasteiger charge is 2.19. The van der Waals surface area contributed by atoms with E-state index in [1.54, 1.807) is 0 Å². The smallest absolute Gasteiger partial charge is 0.483 e. The summed E-state index contributed by atoms with van der Waals surface area (Å²) < 4.78 is 9.45. The zero-order valence-corrected chi connectivity index (χ0v) is 10.0. The van der Waals surface area contributed by atoms with E-state index in [0.717, 1.165) is 0 Å². The van der Waals surface area contributed by atoms with E-state index in [4.69, 9.17) is 8.85 Å². The number of hydrogen-bond donors (Lipinski definition) is 0. The lowest BCUT2D eigenvalue weighted by Crippen LogP contribution is -2.30. The summed E-state index contributed by atoms with van der Waals surface area (Å²) in [6.45, 7) is 9.78. The first kappa shape index (κ1) is 12.9. The topological polar surface area (TPSA) is 52.6 Å². The Labute approximate surface area is 87.6 Å². The Bertz CT molecular complexity index is 257. The number of hydrogen-bond acceptors (Lipinski definition) is 4. The normalized spacial score (nSPS) is 9.43. The monoisotopic (exact) mass is 226 g/mol. The van der Waals surface area contributed by atoms with Crippen LogP contribution in [0.5, 0.6) is 0 Å². The molecule has 0 aromatic carbocycles.